The molecule has 1 aliphatic rings. The van der Waals surface area contributed by atoms with Crippen molar-refractivity contribution in [1.29, 1.82) is 0 Å². The van der Waals surface area contributed by atoms with Crippen LogP contribution < -0.4 is 10.2 Å². The standard InChI is InChI=1S/C14H22BrN3/c1-11(2)16-9-12-5-7-18(8-6-12)14-4-3-13(15)10-17-14/h3-4,10-12,16H,5-9H2,1-2H3. The van der Waals surface area contributed by atoms with Crippen LogP contribution >= 0.6 is 15.9 Å². The second-order valence-corrected chi connectivity index (χ2v) is 6.24. The van der Waals surface area contributed by atoms with Crippen molar-refractivity contribution in [2.45, 2.75) is 32.7 Å². The summed E-state index contributed by atoms with van der Waals surface area (Å²) in [6.45, 7) is 7.82. The molecule has 2 heterocycles. The van der Waals surface area contributed by atoms with E-state index >= 15 is 0 Å². The molecule has 0 unspecified atom stereocenters. The van der Waals surface area contributed by atoms with E-state index in [2.05, 4.69) is 57.1 Å². The van der Waals surface area contributed by atoms with Gasteiger partial charge in [0.2, 0.25) is 0 Å². The van der Waals surface area contributed by atoms with Crippen molar-refractivity contribution in [3.63, 3.8) is 0 Å². The predicted molar refractivity (Wildman–Crippen MR) is 80.0 cm³/mol. The highest BCUT2D eigenvalue weighted by Crippen LogP contribution is 2.22. The van der Waals surface area contributed by atoms with Crippen LogP contribution in [0.15, 0.2) is 22.8 Å². The highest BCUT2D eigenvalue weighted by molar-refractivity contribution is 9.10. The molecular weight excluding hydrogens is 290 g/mol. The van der Waals surface area contributed by atoms with Crippen LogP contribution in [0.2, 0.25) is 0 Å². The first-order chi connectivity index (χ1) is 8.65. The van der Waals surface area contributed by atoms with Crippen LogP contribution in [-0.2, 0) is 0 Å². The van der Waals surface area contributed by atoms with E-state index in [0.717, 1.165) is 35.8 Å². The Hall–Kier alpha value is -0.610. The summed E-state index contributed by atoms with van der Waals surface area (Å²) < 4.78 is 1.04. The molecule has 0 aliphatic carbocycles. The first kappa shape index (κ1) is 13.8. The second-order valence-electron chi connectivity index (χ2n) is 5.33. The lowest BCUT2D eigenvalue weighted by Gasteiger charge is -2.33. The zero-order valence-corrected chi connectivity index (χ0v) is 12.8. The smallest absolute Gasteiger partial charge is 0.128 e. The van der Waals surface area contributed by atoms with Crippen molar-refractivity contribution in [3.8, 4) is 0 Å². The molecule has 1 aromatic heterocycles. The van der Waals surface area contributed by atoms with E-state index < -0.39 is 0 Å². The fourth-order valence-corrected chi connectivity index (χ4v) is 2.56. The number of aromatic nitrogens is 1. The molecule has 0 spiro atoms. The first-order valence-electron chi connectivity index (χ1n) is 6.75. The Bertz CT molecular complexity index is 356. The number of hydrogen-bond donors (Lipinski definition) is 1. The molecule has 1 aromatic rings. The summed E-state index contributed by atoms with van der Waals surface area (Å²) in [5.74, 6) is 1.92. The minimum absolute atomic E-state index is 0.594. The molecule has 0 amide bonds. The van der Waals surface area contributed by atoms with E-state index in [0.29, 0.717) is 6.04 Å². The topological polar surface area (TPSA) is 28.2 Å². The third-order valence-electron chi connectivity index (χ3n) is 3.47. The lowest BCUT2D eigenvalue weighted by molar-refractivity contribution is 0.370. The number of hydrogen-bond acceptors (Lipinski definition) is 3. The average Bonchev–Trinajstić information content (AvgIpc) is 2.38. The van der Waals surface area contributed by atoms with Gasteiger partial charge in [-0.25, -0.2) is 4.98 Å². The molecule has 2 rings (SSSR count). The van der Waals surface area contributed by atoms with Gasteiger partial charge in [-0.1, -0.05) is 13.8 Å². The van der Waals surface area contributed by atoms with Crippen molar-refractivity contribution in [2.75, 3.05) is 24.5 Å². The van der Waals surface area contributed by atoms with Crippen LogP contribution in [0, 0.1) is 5.92 Å². The monoisotopic (exact) mass is 311 g/mol. The Morgan fingerprint density at radius 1 is 1.39 bits per heavy atom. The molecule has 18 heavy (non-hydrogen) atoms. The van der Waals surface area contributed by atoms with Gasteiger partial charge < -0.3 is 10.2 Å². The summed E-state index contributed by atoms with van der Waals surface area (Å²) in [4.78, 5) is 6.85. The van der Waals surface area contributed by atoms with E-state index in [4.69, 9.17) is 0 Å². The molecule has 1 aliphatic heterocycles. The van der Waals surface area contributed by atoms with E-state index in [9.17, 15) is 0 Å². The number of nitrogens with one attached hydrogen (secondary N) is 1. The average molecular weight is 312 g/mol. The molecule has 100 valence electrons. The third-order valence-corrected chi connectivity index (χ3v) is 3.93. The molecule has 0 atom stereocenters. The minimum Gasteiger partial charge on any atom is -0.357 e. The molecule has 0 aromatic carbocycles. The van der Waals surface area contributed by atoms with Gasteiger partial charge in [0, 0.05) is 29.8 Å². The fraction of sp³-hybridized carbons (Fsp3) is 0.643. The number of pyridine rings is 1. The number of rotatable bonds is 4. The van der Waals surface area contributed by atoms with Gasteiger partial charge in [-0.15, -0.1) is 0 Å². The first-order valence-corrected chi connectivity index (χ1v) is 7.54. The Morgan fingerprint density at radius 3 is 2.67 bits per heavy atom. The molecule has 4 heteroatoms. The zero-order chi connectivity index (χ0) is 13.0. The van der Waals surface area contributed by atoms with Gasteiger partial charge in [0.25, 0.3) is 0 Å². The van der Waals surface area contributed by atoms with Crippen molar-refractivity contribution in [1.82, 2.24) is 10.3 Å². The maximum atomic E-state index is 4.46. The second kappa shape index (κ2) is 6.53. The van der Waals surface area contributed by atoms with E-state index in [1.165, 1.54) is 12.8 Å². The number of anilines is 1. The van der Waals surface area contributed by atoms with Crippen molar-refractivity contribution in [2.24, 2.45) is 5.92 Å². The van der Waals surface area contributed by atoms with Gasteiger partial charge in [-0.2, -0.15) is 0 Å². The van der Waals surface area contributed by atoms with E-state index in [1.54, 1.807) is 0 Å². The summed E-state index contributed by atoms with van der Waals surface area (Å²) in [7, 11) is 0. The normalized spacial score (nSPS) is 17.4. The summed E-state index contributed by atoms with van der Waals surface area (Å²) in [5.41, 5.74) is 0. The summed E-state index contributed by atoms with van der Waals surface area (Å²) in [6, 6.07) is 4.75. The largest absolute Gasteiger partial charge is 0.357 e. The van der Waals surface area contributed by atoms with E-state index in [1.807, 2.05) is 6.20 Å². The molecule has 0 bridgehead atoms. The third kappa shape index (κ3) is 3.95. The Kier molecular flexibility index (Phi) is 5.01. The van der Waals surface area contributed by atoms with Crippen molar-refractivity contribution >= 4 is 21.7 Å². The molecule has 0 radical (unpaired) electrons. The molecule has 1 fully saturated rings. The number of piperidine rings is 1. The highest BCUT2D eigenvalue weighted by Gasteiger charge is 2.19. The van der Waals surface area contributed by atoms with Crippen molar-refractivity contribution in [3.05, 3.63) is 22.8 Å². The van der Waals surface area contributed by atoms with Crippen LogP contribution in [0.3, 0.4) is 0 Å². The van der Waals surface area contributed by atoms with Gasteiger partial charge in [0.1, 0.15) is 5.82 Å². The minimum atomic E-state index is 0.594. The number of halogens is 1. The van der Waals surface area contributed by atoms with Crippen molar-refractivity contribution < 1.29 is 0 Å². The zero-order valence-electron chi connectivity index (χ0n) is 11.2. The van der Waals surface area contributed by atoms with Gasteiger partial charge in [0.15, 0.2) is 0 Å². The molecular formula is C14H22BrN3. The Labute approximate surface area is 118 Å². The number of nitrogens with zero attached hydrogens (tertiary/aromatic N) is 2. The lowest BCUT2D eigenvalue weighted by Crippen LogP contribution is -2.39. The molecule has 1 N–H and O–H groups in total. The SMILES string of the molecule is CC(C)NCC1CCN(c2ccc(Br)cn2)CC1. The van der Waals surface area contributed by atoms with Crippen LogP contribution in [-0.4, -0.2) is 30.7 Å². The van der Waals surface area contributed by atoms with E-state index in [-0.39, 0.29) is 0 Å². The quantitative estimate of drug-likeness (QED) is 0.926. The van der Waals surface area contributed by atoms with Crippen LogP contribution in [0.25, 0.3) is 0 Å². The highest BCUT2D eigenvalue weighted by atomic mass is 79.9. The predicted octanol–water partition coefficient (Wildman–Crippen LogP) is 3.06. The summed E-state index contributed by atoms with van der Waals surface area (Å²) in [6.07, 6.45) is 4.40. The van der Waals surface area contributed by atoms with Gasteiger partial charge in [0.05, 0.1) is 0 Å². The van der Waals surface area contributed by atoms with Gasteiger partial charge in [-0.3, -0.25) is 0 Å². The molecule has 0 saturated carbocycles. The van der Waals surface area contributed by atoms with Gasteiger partial charge >= 0.3 is 0 Å². The van der Waals surface area contributed by atoms with Crippen LogP contribution in [0.1, 0.15) is 26.7 Å². The summed E-state index contributed by atoms with van der Waals surface area (Å²) in [5, 5.41) is 3.54. The van der Waals surface area contributed by atoms with Crippen LogP contribution in [0.4, 0.5) is 5.82 Å². The molecule has 1 saturated heterocycles. The maximum Gasteiger partial charge on any atom is 0.128 e. The van der Waals surface area contributed by atoms with Gasteiger partial charge in [-0.05, 0) is 53.4 Å². The lowest BCUT2D eigenvalue weighted by atomic mass is 9.96. The summed E-state index contributed by atoms with van der Waals surface area (Å²) >= 11 is 3.42. The Morgan fingerprint density at radius 2 is 2.11 bits per heavy atom. The van der Waals surface area contributed by atoms with Crippen LogP contribution in [0.5, 0.6) is 0 Å². The molecule has 3 nitrogen and oxygen atoms in total. The fourth-order valence-electron chi connectivity index (χ4n) is 2.32. The Balaban J connectivity index is 1.81. The maximum absolute atomic E-state index is 4.46.